The lowest BCUT2D eigenvalue weighted by Gasteiger charge is -2.09. The van der Waals surface area contributed by atoms with E-state index in [-0.39, 0.29) is 11.9 Å². The first-order valence-corrected chi connectivity index (χ1v) is 9.69. The average molecular weight is 415 g/mol. The summed E-state index contributed by atoms with van der Waals surface area (Å²) in [6, 6.07) is 19.7. The van der Waals surface area contributed by atoms with Crippen LogP contribution < -0.4 is 16.0 Å². The highest BCUT2D eigenvalue weighted by molar-refractivity contribution is 6.05. The molecule has 0 bridgehead atoms. The van der Waals surface area contributed by atoms with Gasteiger partial charge in [-0.15, -0.1) is 0 Å². The predicted octanol–water partition coefficient (Wildman–Crippen LogP) is 4.35. The van der Waals surface area contributed by atoms with Crippen molar-refractivity contribution in [3.8, 4) is 5.69 Å². The van der Waals surface area contributed by atoms with Crippen LogP contribution in [0.3, 0.4) is 0 Å². The van der Waals surface area contributed by atoms with E-state index in [0.29, 0.717) is 29.2 Å². The van der Waals surface area contributed by atoms with Crippen LogP contribution in [0.1, 0.15) is 21.8 Å². The van der Waals surface area contributed by atoms with Crippen molar-refractivity contribution in [1.29, 1.82) is 0 Å². The average Bonchev–Trinajstić information content (AvgIpc) is 3.44. The van der Waals surface area contributed by atoms with E-state index in [0.717, 1.165) is 11.4 Å². The van der Waals surface area contributed by atoms with E-state index >= 15 is 0 Å². The van der Waals surface area contributed by atoms with Gasteiger partial charge in [-0.3, -0.25) is 4.79 Å². The lowest BCUT2D eigenvalue weighted by molar-refractivity contribution is 0.102. The molecule has 0 unspecified atom stereocenters. The topological polar surface area (TPSA) is 101 Å². The fourth-order valence-corrected chi connectivity index (χ4v) is 3.05. The fraction of sp³-hybridized carbons (Fsp3) is 0.0870. The molecule has 0 saturated carbocycles. The molecule has 0 saturated heterocycles. The van der Waals surface area contributed by atoms with Gasteiger partial charge in [0, 0.05) is 11.4 Å². The van der Waals surface area contributed by atoms with Crippen LogP contribution in [0.4, 0.5) is 16.2 Å². The molecule has 0 aliphatic heterocycles. The second kappa shape index (κ2) is 9.00. The fourth-order valence-electron chi connectivity index (χ4n) is 3.05. The first-order chi connectivity index (χ1) is 15.1. The predicted molar refractivity (Wildman–Crippen MR) is 117 cm³/mol. The van der Waals surface area contributed by atoms with Crippen molar-refractivity contribution in [3.63, 3.8) is 0 Å². The summed E-state index contributed by atoms with van der Waals surface area (Å²) in [5, 5.41) is 12.6. The van der Waals surface area contributed by atoms with Gasteiger partial charge in [0.15, 0.2) is 0 Å². The Balaban J connectivity index is 1.35. The zero-order valence-electron chi connectivity index (χ0n) is 16.8. The van der Waals surface area contributed by atoms with Crippen LogP contribution in [0.2, 0.25) is 0 Å². The highest BCUT2D eigenvalue weighted by Crippen LogP contribution is 2.18. The maximum atomic E-state index is 12.7. The number of furan rings is 1. The van der Waals surface area contributed by atoms with Gasteiger partial charge < -0.3 is 20.4 Å². The molecule has 2 aromatic heterocycles. The van der Waals surface area contributed by atoms with Gasteiger partial charge in [-0.25, -0.2) is 9.48 Å². The summed E-state index contributed by atoms with van der Waals surface area (Å²) in [4.78, 5) is 24.7. The van der Waals surface area contributed by atoms with Crippen LogP contribution in [0.5, 0.6) is 0 Å². The molecule has 0 radical (unpaired) electrons. The molecule has 0 aliphatic rings. The molecule has 0 atom stereocenters. The minimum absolute atomic E-state index is 0.253. The molecule has 156 valence electrons. The van der Waals surface area contributed by atoms with Gasteiger partial charge >= 0.3 is 6.03 Å². The third kappa shape index (κ3) is 4.81. The highest BCUT2D eigenvalue weighted by atomic mass is 16.3. The summed E-state index contributed by atoms with van der Waals surface area (Å²) in [5.74, 6) is 0.413. The number of rotatable bonds is 6. The SMILES string of the molecule is Cc1c(C(=O)Nc2ccc(NC(=O)NCc3ccco3)cc2)cnn1-c1ccccc1. The number of carbonyl (C=O) groups excluding carboxylic acids is 2. The normalized spacial score (nSPS) is 10.5. The van der Waals surface area contributed by atoms with E-state index in [1.54, 1.807) is 53.5 Å². The molecular weight excluding hydrogens is 394 g/mol. The zero-order valence-corrected chi connectivity index (χ0v) is 16.8. The number of nitrogens with one attached hydrogen (secondary N) is 3. The summed E-state index contributed by atoms with van der Waals surface area (Å²) in [6.07, 6.45) is 3.10. The summed E-state index contributed by atoms with van der Waals surface area (Å²) < 4.78 is 6.90. The van der Waals surface area contributed by atoms with Crippen LogP contribution in [0, 0.1) is 6.92 Å². The number of anilines is 2. The van der Waals surface area contributed by atoms with E-state index in [4.69, 9.17) is 4.42 Å². The van der Waals surface area contributed by atoms with Crippen LogP contribution in [0.25, 0.3) is 5.69 Å². The molecule has 3 amide bonds. The smallest absolute Gasteiger partial charge is 0.319 e. The number of hydrogen-bond acceptors (Lipinski definition) is 4. The van der Waals surface area contributed by atoms with E-state index in [1.807, 2.05) is 37.3 Å². The van der Waals surface area contributed by atoms with Crippen molar-refractivity contribution in [2.75, 3.05) is 10.6 Å². The largest absolute Gasteiger partial charge is 0.467 e. The second-order valence-electron chi connectivity index (χ2n) is 6.81. The van der Waals surface area contributed by atoms with Gasteiger partial charge in [-0.2, -0.15) is 5.10 Å². The van der Waals surface area contributed by atoms with Crippen molar-refractivity contribution in [2.45, 2.75) is 13.5 Å². The quantitative estimate of drug-likeness (QED) is 0.436. The summed E-state index contributed by atoms with van der Waals surface area (Å²) in [6.45, 7) is 2.15. The van der Waals surface area contributed by atoms with Gasteiger partial charge in [0.1, 0.15) is 5.76 Å². The molecule has 4 rings (SSSR count). The summed E-state index contributed by atoms with van der Waals surface area (Å²) in [5.41, 5.74) is 3.33. The van der Waals surface area contributed by atoms with Gasteiger partial charge in [0.2, 0.25) is 0 Å². The van der Waals surface area contributed by atoms with Gasteiger partial charge in [-0.05, 0) is 55.5 Å². The number of aromatic nitrogens is 2. The zero-order chi connectivity index (χ0) is 21.6. The first-order valence-electron chi connectivity index (χ1n) is 9.69. The molecule has 2 aromatic carbocycles. The summed E-state index contributed by atoms with van der Waals surface area (Å²) >= 11 is 0. The third-order valence-electron chi connectivity index (χ3n) is 4.66. The Morgan fingerprint density at radius 1 is 0.935 bits per heavy atom. The maximum Gasteiger partial charge on any atom is 0.319 e. The van der Waals surface area contributed by atoms with E-state index in [2.05, 4.69) is 21.0 Å². The van der Waals surface area contributed by atoms with Crippen LogP contribution >= 0.6 is 0 Å². The van der Waals surface area contributed by atoms with Crippen molar-refractivity contribution in [1.82, 2.24) is 15.1 Å². The Morgan fingerprint density at radius 2 is 1.65 bits per heavy atom. The highest BCUT2D eigenvalue weighted by Gasteiger charge is 2.15. The number of urea groups is 1. The summed E-state index contributed by atoms with van der Waals surface area (Å²) in [7, 11) is 0. The Bertz CT molecular complexity index is 1170. The van der Waals surface area contributed by atoms with Gasteiger partial charge in [-0.1, -0.05) is 18.2 Å². The van der Waals surface area contributed by atoms with Crippen LogP contribution in [-0.4, -0.2) is 21.7 Å². The van der Waals surface area contributed by atoms with Crippen LogP contribution in [-0.2, 0) is 6.54 Å². The Morgan fingerprint density at radius 3 is 2.32 bits per heavy atom. The molecular formula is C23H21N5O3. The van der Waals surface area contributed by atoms with Gasteiger partial charge in [0.05, 0.1) is 35.9 Å². The van der Waals surface area contributed by atoms with Crippen molar-refractivity contribution < 1.29 is 14.0 Å². The monoisotopic (exact) mass is 415 g/mol. The van der Waals surface area contributed by atoms with Gasteiger partial charge in [0.25, 0.3) is 5.91 Å². The molecule has 8 nitrogen and oxygen atoms in total. The molecule has 31 heavy (non-hydrogen) atoms. The van der Waals surface area contributed by atoms with E-state index in [1.165, 1.54) is 0 Å². The molecule has 8 heteroatoms. The number of nitrogens with zero attached hydrogens (tertiary/aromatic N) is 2. The van der Waals surface area contributed by atoms with Crippen LogP contribution in [0.15, 0.2) is 83.6 Å². The number of carbonyl (C=O) groups is 2. The number of hydrogen-bond donors (Lipinski definition) is 3. The van der Waals surface area contributed by atoms with Crippen molar-refractivity contribution in [3.05, 3.63) is 96.2 Å². The standard InChI is InChI=1S/C23H21N5O3/c1-16-21(15-25-28(16)19-6-3-2-4-7-19)22(29)26-17-9-11-18(12-10-17)27-23(30)24-14-20-8-5-13-31-20/h2-13,15H,14H2,1H3,(H,26,29)(H2,24,27,30). The third-order valence-corrected chi connectivity index (χ3v) is 4.66. The number of para-hydroxylation sites is 1. The second-order valence-corrected chi connectivity index (χ2v) is 6.81. The molecule has 3 N–H and O–H groups in total. The number of benzene rings is 2. The molecule has 0 fully saturated rings. The molecule has 2 heterocycles. The first kappa shape index (κ1) is 20.0. The lowest BCUT2D eigenvalue weighted by Crippen LogP contribution is -2.27. The molecule has 4 aromatic rings. The van der Waals surface area contributed by atoms with E-state index in [9.17, 15) is 9.59 Å². The van der Waals surface area contributed by atoms with Crippen molar-refractivity contribution >= 4 is 23.3 Å². The minimum atomic E-state index is -0.350. The Kier molecular flexibility index (Phi) is 5.79. The lowest BCUT2D eigenvalue weighted by atomic mass is 10.2. The molecule has 0 spiro atoms. The Labute approximate surface area is 178 Å². The van der Waals surface area contributed by atoms with E-state index < -0.39 is 0 Å². The minimum Gasteiger partial charge on any atom is -0.467 e. The maximum absolute atomic E-state index is 12.7. The van der Waals surface area contributed by atoms with Crippen molar-refractivity contribution in [2.24, 2.45) is 0 Å². The number of amides is 3. The molecule has 0 aliphatic carbocycles. The Hall–Kier alpha value is -4.33.